The molecular formula is C14H17NO2S. The highest BCUT2D eigenvalue weighted by Gasteiger charge is 2.34. The highest BCUT2D eigenvalue weighted by molar-refractivity contribution is 7.10. The van der Waals surface area contributed by atoms with Crippen molar-refractivity contribution in [2.75, 3.05) is 20.2 Å². The predicted octanol–water partition coefficient (Wildman–Crippen LogP) is 1.82. The molecule has 1 heterocycles. The molecular weight excluding hydrogens is 246 g/mol. The van der Waals surface area contributed by atoms with Crippen molar-refractivity contribution in [1.82, 2.24) is 4.90 Å². The van der Waals surface area contributed by atoms with Gasteiger partial charge in [-0.25, -0.2) is 0 Å². The first-order valence-electron chi connectivity index (χ1n) is 6.05. The van der Waals surface area contributed by atoms with Crippen LogP contribution in [-0.4, -0.2) is 36.1 Å². The number of amides is 1. The smallest absolute Gasteiger partial charge is 0.254 e. The normalized spacial score (nSPS) is 21.1. The lowest BCUT2D eigenvalue weighted by Gasteiger charge is -2.15. The molecule has 1 N–H and O–H groups in total. The number of aliphatic hydroxyl groups excluding tert-OH is 1. The molecule has 4 heteroatoms. The van der Waals surface area contributed by atoms with Crippen LogP contribution in [0.3, 0.4) is 0 Å². The number of aliphatic hydroxyl groups is 1. The maximum absolute atomic E-state index is 12.1. The van der Waals surface area contributed by atoms with Crippen molar-refractivity contribution in [3.63, 3.8) is 0 Å². The van der Waals surface area contributed by atoms with Crippen LogP contribution >= 0.6 is 11.3 Å². The average molecular weight is 263 g/mol. The van der Waals surface area contributed by atoms with E-state index < -0.39 is 0 Å². The van der Waals surface area contributed by atoms with Crippen molar-refractivity contribution in [2.45, 2.75) is 13.3 Å². The van der Waals surface area contributed by atoms with Crippen LogP contribution in [0.15, 0.2) is 11.4 Å². The molecule has 2 atom stereocenters. The van der Waals surface area contributed by atoms with E-state index in [2.05, 4.69) is 18.8 Å². The number of carbonyl (C=O) groups is 1. The third-order valence-corrected chi connectivity index (χ3v) is 4.11. The number of carbonyl (C=O) groups excluding carboxylic acids is 1. The molecule has 18 heavy (non-hydrogen) atoms. The summed E-state index contributed by atoms with van der Waals surface area (Å²) in [6, 6.07) is 1.79. The third-order valence-electron chi connectivity index (χ3n) is 3.27. The monoisotopic (exact) mass is 263 g/mol. The Morgan fingerprint density at radius 3 is 3.00 bits per heavy atom. The second-order valence-electron chi connectivity index (χ2n) is 4.82. The number of hydrogen-bond donors (Lipinski definition) is 1. The number of rotatable bonds is 3. The van der Waals surface area contributed by atoms with Gasteiger partial charge in [0.25, 0.3) is 5.91 Å². The lowest BCUT2D eigenvalue weighted by Crippen LogP contribution is -2.28. The van der Waals surface area contributed by atoms with Gasteiger partial charge in [-0.3, -0.25) is 4.79 Å². The molecule has 3 nitrogen and oxygen atoms in total. The van der Waals surface area contributed by atoms with Crippen LogP contribution < -0.4 is 0 Å². The number of hydrogen-bond acceptors (Lipinski definition) is 3. The quantitative estimate of drug-likeness (QED) is 0.845. The molecule has 0 radical (unpaired) electrons. The minimum absolute atomic E-state index is 0.0578. The Kier molecular flexibility index (Phi) is 4.05. The fraction of sp³-hybridized carbons (Fsp3) is 0.500. The standard InChI is InChI=1S/C14H17NO2S/c1-10-6-11(10)8-15(2)14(17)12-7-13(18-9-12)4-3-5-16/h7,9-11,16H,5-6,8H2,1-2H3. The predicted molar refractivity (Wildman–Crippen MR) is 72.5 cm³/mol. The van der Waals surface area contributed by atoms with Crippen LogP contribution in [0.1, 0.15) is 28.6 Å². The highest BCUT2D eigenvalue weighted by Crippen LogP contribution is 2.38. The van der Waals surface area contributed by atoms with Gasteiger partial charge in [0.2, 0.25) is 0 Å². The van der Waals surface area contributed by atoms with Gasteiger partial charge in [-0.1, -0.05) is 18.8 Å². The third kappa shape index (κ3) is 3.12. The van der Waals surface area contributed by atoms with E-state index in [1.165, 1.54) is 17.8 Å². The summed E-state index contributed by atoms with van der Waals surface area (Å²) >= 11 is 1.44. The van der Waals surface area contributed by atoms with Gasteiger partial charge in [0.1, 0.15) is 6.61 Å². The van der Waals surface area contributed by atoms with Gasteiger partial charge in [-0.05, 0) is 24.3 Å². The maximum Gasteiger partial charge on any atom is 0.254 e. The molecule has 1 aromatic heterocycles. The topological polar surface area (TPSA) is 40.5 Å². The van der Waals surface area contributed by atoms with E-state index in [1.54, 1.807) is 11.0 Å². The van der Waals surface area contributed by atoms with Gasteiger partial charge in [-0.2, -0.15) is 0 Å². The van der Waals surface area contributed by atoms with Gasteiger partial charge in [0.15, 0.2) is 0 Å². The summed E-state index contributed by atoms with van der Waals surface area (Å²) in [5.74, 6) is 6.89. The zero-order valence-electron chi connectivity index (χ0n) is 10.6. The van der Waals surface area contributed by atoms with Gasteiger partial charge < -0.3 is 10.0 Å². The average Bonchev–Trinajstić information content (AvgIpc) is 2.87. The van der Waals surface area contributed by atoms with Crippen molar-refractivity contribution >= 4 is 17.2 Å². The fourth-order valence-corrected chi connectivity index (χ4v) is 2.70. The first-order chi connectivity index (χ1) is 8.61. The SMILES string of the molecule is CC1CC1CN(C)C(=O)c1csc(C#CCO)c1. The molecule has 2 rings (SSSR count). The van der Waals surface area contributed by atoms with Crippen LogP contribution in [0.25, 0.3) is 0 Å². The van der Waals surface area contributed by atoms with E-state index in [4.69, 9.17) is 5.11 Å². The van der Waals surface area contributed by atoms with Crippen LogP contribution in [0.2, 0.25) is 0 Å². The van der Waals surface area contributed by atoms with E-state index in [1.807, 2.05) is 12.4 Å². The maximum atomic E-state index is 12.1. The summed E-state index contributed by atoms with van der Waals surface area (Å²) < 4.78 is 0. The number of thiophene rings is 1. The minimum atomic E-state index is -0.152. The molecule has 0 spiro atoms. The van der Waals surface area contributed by atoms with Crippen molar-refractivity contribution in [2.24, 2.45) is 11.8 Å². The summed E-state index contributed by atoms with van der Waals surface area (Å²) in [7, 11) is 1.85. The zero-order chi connectivity index (χ0) is 13.1. The van der Waals surface area contributed by atoms with Crippen LogP contribution in [0.5, 0.6) is 0 Å². The van der Waals surface area contributed by atoms with Crippen LogP contribution in [0.4, 0.5) is 0 Å². The van der Waals surface area contributed by atoms with Gasteiger partial charge in [0.05, 0.1) is 10.4 Å². The molecule has 1 fully saturated rings. The Labute approximate surface area is 111 Å². The second kappa shape index (κ2) is 5.55. The minimum Gasteiger partial charge on any atom is -0.384 e. The van der Waals surface area contributed by atoms with Crippen molar-refractivity contribution < 1.29 is 9.90 Å². The highest BCUT2D eigenvalue weighted by atomic mass is 32.1. The van der Waals surface area contributed by atoms with Gasteiger partial charge in [-0.15, -0.1) is 11.3 Å². The summed E-state index contributed by atoms with van der Waals surface area (Å²) in [6.07, 6.45) is 1.23. The summed E-state index contributed by atoms with van der Waals surface area (Å²) in [5.41, 5.74) is 0.693. The Morgan fingerprint density at radius 2 is 2.39 bits per heavy atom. The molecule has 1 aromatic rings. The Hall–Kier alpha value is -1.31. The fourth-order valence-electron chi connectivity index (χ4n) is 1.95. The summed E-state index contributed by atoms with van der Waals surface area (Å²) in [4.78, 5) is 14.7. The van der Waals surface area contributed by atoms with Crippen molar-refractivity contribution in [3.8, 4) is 11.8 Å². The lowest BCUT2D eigenvalue weighted by molar-refractivity contribution is 0.0787. The largest absolute Gasteiger partial charge is 0.384 e. The summed E-state index contributed by atoms with van der Waals surface area (Å²) in [5, 5.41) is 10.4. The van der Waals surface area contributed by atoms with Crippen LogP contribution in [0, 0.1) is 23.7 Å². The number of nitrogens with zero attached hydrogens (tertiary/aromatic N) is 1. The first-order valence-corrected chi connectivity index (χ1v) is 6.93. The Morgan fingerprint density at radius 1 is 1.67 bits per heavy atom. The Balaban J connectivity index is 1.97. The molecule has 1 aliphatic carbocycles. The zero-order valence-corrected chi connectivity index (χ0v) is 11.5. The van der Waals surface area contributed by atoms with Crippen LogP contribution in [-0.2, 0) is 0 Å². The lowest BCUT2D eigenvalue weighted by atomic mass is 10.2. The van der Waals surface area contributed by atoms with E-state index >= 15 is 0 Å². The van der Waals surface area contributed by atoms with Crippen molar-refractivity contribution in [3.05, 3.63) is 21.9 Å². The molecule has 0 bridgehead atoms. The molecule has 96 valence electrons. The molecule has 0 aromatic carbocycles. The van der Waals surface area contributed by atoms with Gasteiger partial charge in [0, 0.05) is 19.0 Å². The Bertz CT molecular complexity index is 497. The van der Waals surface area contributed by atoms with E-state index in [-0.39, 0.29) is 12.5 Å². The molecule has 2 unspecified atom stereocenters. The molecule has 1 amide bonds. The first kappa shape index (κ1) is 13.1. The molecule has 1 saturated carbocycles. The molecule has 0 saturated heterocycles. The molecule has 0 aliphatic heterocycles. The summed E-state index contributed by atoms with van der Waals surface area (Å²) in [6.45, 7) is 2.91. The van der Waals surface area contributed by atoms with E-state index in [9.17, 15) is 4.79 Å². The van der Waals surface area contributed by atoms with E-state index in [0.29, 0.717) is 11.5 Å². The van der Waals surface area contributed by atoms with E-state index in [0.717, 1.165) is 17.3 Å². The van der Waals surface area contributed by atoms with Crippen molar-refractivity contribution in [1.29, 1.82) is 0 Å². The van der Waals surface area contributed by atoms with Gasteiger partial charge >= 0.3 is 0 Å². The second-order valence-corrected chi connectivity index (χ2v) is 5.73. The molecule has 1 aliphatic rings.